The summed E-state index contributed by atoms with van der Waals surface area (Å²) in [5.41, 5.74) is 3.93. The second-order valence-electron chi connectivity index (χ2n) is 9.36. The zero-order valence-corrected chi connectivity index (χ0v) is 22.3. The molecule has 1 aliphatic rings. The van der Waals surface area contributed by atoms with Gasteiger partial charge in [-0.15, -0.1) is 0 Å². The molecule has 0 saturated carbocycles. The van der Waals surface area contributed by atoms with Crippen LogP contribution in [0.4, 0.5) is 10.2 Å². The van der Waals surface area contributed by atoms with E-state index in [4.69, 9.17) is 26.3 Å². The lowest BCUT2D eigenvalue weighted by molar-refractivity contribution is -0.126. The van der Waals surface area contributed by atoms with Crippen LogP contribution in [0.3, 0.4) is 0 Å². The lowest BCUT2D eigenvalue weighted by atomic mass is 9.98. The lowest BCUT2D eigenvalue weighted by Crippen LogP contribution is -2.53. The van der Waals surface area contributed by atoms with E-state index >= 15 is 0 Å². The molecule has 6 nitrogen and oxygen atoms in total. The lowest BCUT2D eigenvalue weighted by Gasteiger charge is -2.40. The highest BCUT2D eigenvalue weighted by atomic mass is 35.5. The third-order valence-electron chi connectivity index (χ3n) is 7.00. The Bertz CT molecular complexity index is 1560. The number of nitrogens with zero attached hydrogens (tertiary/aromatic N) is 4. The van der Waals surface area contributed by atoms with E-state index in [1.807, 2.05) is 44.2 Å². The maximum absolute atomic E-state index is 14.9. The highest BCUT2D eigenvalue weighted by molar-refractivity contribution is 6.34. The van der Waals surface area contributed by atoms with Crippen molar-refractivity contribution < 1.29 is 13.9 Å². The number of rotatable bonds is 5. The second kappa shape index (κ2) is 10.4. The maximum atomic E-state index is 14.9. The summed E-state index contributed by atoms with van der Waals surface area (Å²) >= 11 is 6.77. The summed E-state index contributed by atoms with van der Waals surface area (Å²) in [4.78, 5) is 26.1. The number of piperazine rings is 1. The van der Waals surface area contributed by atoms with E-state index in [9.17, 15) is 9.18 Å². The predicted octanol–water partition coefficient (Wildman–Crippen LogP) is 6.30. The number of aromatic nitrogens is 2. The molecule has 1 amide bonds. The Hall–Kier alpha value is -3.97. The van der Waals surface area contributed by atoms with Gasteiger partial charge < -0.3 is 14.5 Å². The van der Waals surface area contributed by atoms with Crippen molar-refractivity contribution in [3.63, 3.8) is 0 Å². The number of halogens is 2. The van der Waals surface area contributed by atoms with Gasteiger partial charge in [-0.1, -0.05) is 54.6 Å². The van der Waals surface area contributed by atoms with E-state index in [2.05, 4.69) is 11.5 Å². The van der Waals surface area contributed by atoms with Crippen LogP contribution < -0.4 is 9.64 Å². The number of fused-ring (bicyclic) bond motifs is 1. The summed E-state index contributed by atoms with van der Waals surface area (Å²) in [6.45, 7) is 9.27. The largest absolute Gasteiger partial charge is 0.480 e. The van der Waals surface area contributed by atoms with E-state index in [1.54, 1.807) is 30.2 Å². The summed E-state index contributed by atoms with van der Waals surface area (Å²) in [6, 6.07) is 16.1. The zero-order chi connectivity index (χ0) is 27.0. The van der Waals surface area contributed by atoms with Crippen LogP contribution in [0, 0.1) is 12.7 Å². The fraction of sp³-hybridized carbons (Fsp3) is 0.233. The number of carbonyl (C=O) groups excluding carboxylic acids is 1. The molecule has 2 aromatic heterocycles. The standard InChI is InChI=1S/C30H28ClFN4O2/c1-5-25(37)35-14-15-36(19(3)17-35)29-22-16-23(31)27(21-12-8-9-13-24(21)32)33-28(22)26(30(34-29)38-4)20-11-7-6-10-18(20)2/h5-13,16,19H,1,14-15,17H2,2-4H3/t19-/m0/s1. The molecule has 5 rings (SSSR count). The van der Waals surface area contributed by atoms with Gasteiger partial charge in [0, 0.05) is 36.6 Å². The van der Waals surface area contributed by atoms with Crippen LogP contribution in [0.5, 0.6) is 5.88 Å². The van der Waals surface area contributed by atoms with E-state index in [0.29, 0.717) is 58.7 Å². The number of hydrogen-bond donors (Lipinski definition) is 0. The number of ether oxygens (including phenoxy) is 1. The topological polar surface area (TPSA) is 58.6 Å². The Morgan fingerprint density at radius 2 is 1.84 bits per heavy atom. The fourth-order valence-electron chi connectivity index (χ4n) is 5.07. The molecule has 0 aliphatic carbocycles. The van der Waals surface area contributed by atoms with Gasteiger partial charge in [-0.25, -0.2) is 9.37 Å². The minimum absolute atomic E-state index is 0.0395. The Kier molecular flexibility index (Phi) is 7.04. The minimum atomic E-state index is -0.406. The van der Waals surface area contributed by atoms with Gasteiger partial charge in [0.15, 0.2) is 0 Å². The molecule has 2 aromatic carbocycles. The highest BCUT2D eigenvalue weighted by Crippen LogP contribution is 2.43. The first kappa shape index (κ1) is 25.7. The first-order chi connectivity index (χ1) is 18.3. The summed E-state index contributed by atoms with van der Waals surface area (Å²) in [6.07, 6.45) is 1.34. The van der Waals surface area contributed by atoms with Gasteiger partial charge in [0.25, 0.3) is 0 Å². The van der Waals surface area contributed by atoms with E-state index < -0.39 is 5.82 Å². The molecular formula is C30H28ClFN4O2. The molecular weight excluding hydrogens is 503 g/mol. The number of carbonyl (C=O) groups is 1. The van der Waals surface area contributed by atoms with Crippen molar-refractivity contribution in [1.82, 2.24) is 14.9 Å². The summed E-state index contributed by atoms with van der Waals surface area (Å²) in [5, 5.41) is 1.05. The molecule has 3 heterocycles. The van der Waals surface area contributed by atoms with E-state index in [-0.39, 0.29) is 11.9 Å². The van der Waals surface area contributed by atoms with Crippen LogP contribution in [-0.4, -0.2) is 53.6 Å². The van der Waals surface area contributed by atoms with Crippen molar-refractivity contribution in [2.75, 3.05) is 31.6 Å². The van der Waals surface area contributed by atoms with Crippen LogP contribution in [0.2, 0.25) is 5.02 Å². The molecule has 0 unspecified atom stereocenters. The number of aryl methyl sites for hydroxylation is 1. The Morgan fingerprint density at radius 1 is 1.13 bits per heavy atom. The van der Waals surface area contributed by atoms with Crippen molar-refractivity contribution in [3.05, 3.63) is 83.7 Å². The number of amides is 1. The molecule has 1 atom stereocenters. The first-order valence-electron chi connectivity index (χ1n) is 12.4. The van der Waals surface area contributed by atoms with Crippen LogP contribution in [0.1, 0.15) is 12.5 Å². The van der Waals surface area contributed by atoms with Crippen molar-refractivity contribution in [1.29, 1.82) is 0 Å². The van der Waals surface area contributed by atoms with Crippen LogP contribution in [0.25, 0.3) is 33.3 Å². The van der Waals surface area contributed by atoms with Gasteiger partial charge in [0.05, 0.1) is 28.9 Å². The van der Waals surface area contributed by atoms with Gasteiger partial charge in [0.1, 0.15) is 11.6 Å². The third-order valence-corrected chi connectivity index (χ3v) is 7.29. The van der Waals surface area contributed by atoms with Crippen LogP contribution in [0.15, 0.2) is 67.3 Å². The number of anilines is 1. The van der Waals surface area contributed by atoms with Gasteiger partial charge in [-0.05, 0) is 49.2 Å². The van der Waals surface area contributed by atoms with Gasteiger partial charge >= 0.3 is 0 Å². The number of methoxy groups -OCH3 is 1. The van der Waals surface area contributed by atoms with Gasteiger partial charge in [0.2, 0.25) is 11.8 Å². The SMILES string of the molecule is C=CC(=O)N1CCN(c2nc(OC)c(-c3ccccc3C)c3nc(-c4ccccc4F)c(Cl)cc23)[C@@H](C)C1. The molecule has 38 heavy (non-hydrogen) atoms. The highest BCUT2D eigenvalue weighted by Gasteiger charge is 2.30. The molecule has 0 N–H and O–H groups in total. The fourth-order valence-corrected chi connectivity index (χ4v) is 5.32. The molecule has 1 aliphatic heterocycles. The van der Waals surface area contributed by atoms with Crippen LogP contribution in [-0.2, 0) is 4.79 Å². The Balaban J connectivity index is 1.78. The summed E-state index contributed by atoms with van der Waals surface area (Å²) in [7, 11) is 1.58. The summed E-state index contributed by atoms with van der Waals surface area (Å²) < 4.78 is 20.7. The molecule has 8 heteroatoms. The predicted molar refractivity (Wildman–Crippen MR) is 150 cm³/mol. The van der Waals surface area contributed by atoms with Gasteiger partial charge in [-0.2, -0.15) is 4.98 Å². The average molecular weight is 531 g/mol. The van der Waals surface area contributed by atoms with Crippen molar-refractivity contribution in [3.8, 4) is 28.3 Å². The zero-order valence-electron chi connectivity index (χ0n) is 21.5. The first-order valence-corrected chi connectivity index (χ1v) is 12.8. The normalized spacial score (nSPS) is 15.6. The minimum Gasteiger partial charge on any atom is -0.480 e. The molecule has 4 aromatic rings. The van der Waals surface area contributed by atoms with Crippen molar-refractivity contribution >= 4 is 34.2 Å². The van der Waals surface area contributed by atoms with E-state index in [1.165, 1.54) is 12.1 Å². The molecule has 1 fully saturated rings. The summed E-state index contributed by atoms with van der Waals surface area (Å²) in [5.74, 6) is 0.562. The number of pyridine rings is 2. The van der Waals surface area contributed by atoms with Crippen molar-refractivity contribution in [2.45, 2.75) is 19.9 Å². The number of benzene rings is 2. The Labute approximate surface area is 226 Å². The van der Waals surface area contributed by atoms with E-state index in [0.717, 1.165) is 16.5 Å². The molecule has 0 spiro atoms. The smallest absolute Gasteiger partial charge is 0.246 e. The molecule has 0 radical (unpaired) electrons. The maximum Gasteiger partial charge on any atom is 0.246 e. The quantitative estimate of drug-likeness (QED) is 0.284. The molecule has 0 bridgehead atoms. The van der Waals surface area contributed by atoms with Crippen LogP contribution >= 0.6 is 11.6 Å². The monoisotopic (exact) mass is 530 g/mol. The molecule has 1 saturated heterocycles. The van der Waals surface area contributed by atoms with Gasteiger partial charge in [-0.3, -0.25) is 4.79 Å². The Morgan fingerprint density at radius 3 is 2.50 bits per heavy atom. The molecule has 194 valence electrons. The average Bonchev–Trinajstić information content (AvgIpc) is 2.92. The number of hydrogen-bond acceptors (Lipinski definition) is 5. The third kappa shape index (κ3) is 4.47. The second-order valence-corrected chi connectivity index (χ2v) is 9.77. The van der Waals surface area contributed by atoms with Crippen molar-refractivity contribution in [2.24, 2.45) is 0 Å².